The maximum Gasteiger partial charge on any atom is 0.222 e. The molecule has 0 aromatic heterocycles. The maximum absolute atomic E-state index is 11.9. The number of benzene rings is 1. The number of amides is 1. The lowest BCUT2D eigenvalue weighted by Gasteiger charge is -2.21. The lowest BCUT2D eigenvalue weighted by Crippen LogP contribution is -2.34. The van der Waals surface area contributed by atoms with Crippen LogP contribution in [0, 0.1) is 0 Å². The highest BCUT2D eigenvalue weighted by molar-refractivity contribution is 5.76. The SMILES string of the molecule is CCCN(CCO)C(=O)CCCOc1ccccc1. The van der Waals surface area contributed by atoms with Crippen LogP contribution >= 0.6 is 0 Å². The molecule has 1 N–H and O–H groups in total. The summed E-state index contributed by atoms with van der Waals surface area (Å²) >= 11 is 0. The highest BCUT2D eigenvalue weighted by Gasteiger charge is 2.11. The van der Waals surface area contributed by atoms with Crippen molar-refractivity contribution in [3.05, 3.63) is 30.3 Å². The van der Waals surface area contributed by atoms with Crippen LogP contribution in [0.25, 0.3) is 0 Å². The van der Waals surface area contributed by atoms with Crippen LogP contribution in [-0.2, 0) is 4.79 Å². The molecule has 4 nitrogen and oxygen atoms in total. The third-order valence-electron chi connectivity index (χ3n) is 2.76. The zero-order valence-corrected chi connectivity index (χ0v) is 11.5. The van der Waals surface area contributed by atoms with Gasteiger partial charge in [-0.15, -0.1) is 0 Å². The molecule has 0 aliphatic rings. The number of carbonyl (C=O) groups is 1. The van der Waals surface area contributed by atoms with Crippen LogP contribution in [0.4, 0.5) is 0 Å². The van der Waals surface area contributed by atoms with Crippen molar-refractivity contribution >= 4 is 5.91 Å². The summed E-state index contributed by atoms with van der Waals surface area (Å²) in [6.07, 6.45) is 2.07. The minimum Gasteiger partial charge on any atom is -0.494 e. The first-order valence-corrected chi connectivity index (χ1v) is 6.84. The molecule has 0 aliphatic heterocycles. The molecule has 0 atom stereocenters. The normalized spacial score (nSPS) is 10.2. The van der Waals surface area contributed by atoms with Crippen molar-refractivity contribution in [3.63, 3.8) is 0 Å². The lowest BCUT2D eigenvalue weighted by molar-refractivity contribution is -0.132. The minimum absolute atomic E-state index is 0.0201. The van der Waals surface area contributed by atoms with Gasteiger partial charge in [0.1, 0.15) is 5.75 Å². The van der Waals surface area contributed by atoms with Crippen molar-refractivity contribution in [1.82, 2.24) is 4.90 Å². The Hall–Kier alpha value is -1.55. The number of hydrogen-bond acceptors (Lipinski definition) is 3. The standard InChI is InChI=1S/C15H23NO3/c1-2-10-16(11-12-17)15(18)9-6-13-19-14-7-4-3-5-8-14/h3-5,7-8,17H,2,6,9-13H2,1H3. The number of aliphatic hydroxyl groups is 1. The highest BCUT2D eigenvalue weighted by Crippen LogP contribution is 2.09. The summed E-state index contributed by atoms with van der Waals surface area (Å²) in [5.41, 5.74) is 0. The molecule has 0 unspecified atom stereocenters. The van der Waals surface area contributed by atoms with E-state index in [2.05, 4.69) is 0 Å². The van der Waals surface area contributed by atoms with Crippen molar-refractivity contribution in [1.29, 1.82) is 0 Å². The molecule has 0 saturated heterocycles. The Kier molecular flexibility index (Phi) is 7.66. The summed E-state index contributed by atoms with van der Waals surface area (Å²) < 4.78 is 5.54. The topological polar surface area (TPSA) is 49.8 Å². The van der Waals surface area contributed by atoms with Crippen LogP contribution in [0.1, 0.15) is 26.2 Å². The van der Waals surface area contributed by atoms with Crippen molar-refractivity contribution in [2.24, 2.45) is 0 Å². The van der Waals surface area contributed by atoms with Crippen molar-refractivity contribution < 1.29 is 14.6 Å². The Morgan fingerprint density at radius 2 is 2.00 bits per heavy atom. The molecule has 106 valence electrons. The van der Waals surface area contributed by atoms with E-state index in [4.69, 9.17) is 9.84 Å². The Morgan fingerprint density at radius 3 is 2.63 bits per heavy atom. The fourth-order valence-electron chi connectivity index (χ4n) is 1.84. The quantitative estimate of drug-likeness (QED) is 0.695. The molecule has 1 aromatic rings. The number of rotatable bonds is 9. The van der Waals surface area contributed by atoms with Crippen LogP contribution in [0.2, 0.25) is 0 Å². The number of hydrogen-bond donors (Lipinski definition) is 1. The first-order valence-electron chi connectivity index (χ1n) is 6.84. The molecule has 1 rings (SSSR count). The summed E-state index contributed by atoms with van der Waals surface area (Å²) in [5.74, 6) is 0.920. The van der Waals surface area contributed by atoms with Gasteiger partial charge in [-0.25, -0.2) is 0 Å². The largest absolute Gasteiger partial charge is 0.494 e. The highest BCUT2D eigenvalue weighted by atomic mass is 16.5. The average Bonchev–Trinajstić information content (AvgIpc) is 2.44. The van der Waals surface area contributed by atoms with E-state index in [1.807, 2.05) is 37.3 Å². The van der Waals surface area contributed by atoms with Crippen LogP contribution in [0.15, 0.2) is 30.3 Å². The number of aliphatic hydroxyl groups excluding tert-OH is 1. The zero-order chi connectivity index (χ0) is 13.9. The van der Waals surface area contributed by atoms with Crippen LogP contribution in [0.3, 0.4) is 0 Å². The Bertz CT molecular complexity index is 348. The summed E-state index contributed by atoms with van der Waals surface area (Å²) in [7, 11) is 0. The van der Waals surface area contributed by atoms with E-state index in [-0.39, 0.29) is 12.5 Å². The van der Waals surface area contributed by atoms with E-state index in [1.165, 1.54) is 0 Å². The predicted octanol–water partition coefficient (Wildman–Crippen LogP) is 2.08. The fraction of sp³-hybridized carbons (Fsp3) is 0.533. The van der Waals surface area contributed by atoms with E-state index in [9.17, 15) is 4.79 Å². The molecule has 0 aliphatic carbocycles. The average molecular weight is 265 g/mol. The number of ether oxygens (including phenoxy) is 1. The van der Waals surface area contributed by atoms with Gasteiger partial charge in [0.15, 0.2) is 0 Å². The molecule has 4 heteroatoms. The fourth-order valence-corrected chi connectivity index (χ4v) is 1.84. The van der Waals surface area contributed by atoms with E-state index in [0.717, 1.165) is 12.2 Å². The molecule has 19 heavy (non-hydrogen) atoms. The number of carbonyl (C=O) groups excluding carboxylic acids is 1. The van der Waals surface area contributed by atoms with E-state index < -0.39 is 0 Å². The van der Waals surface area contributed by atoms with Gasteiger partial charge in [0, 0.05) is 19.5 Å². The van der Waals surface area contributed by atoms with Crippen LogP contribution in [0.5, 0.6) is 5.75 Å². The first kappa shape index (κ1) is 15.5. The van der Waals surface area contributed by atoms with Gasteiger partial charge in [-0.2, -0.15) is 0 Å². The molecular weight excluding hydrogens is 242 g/mol. The third-order valence-corrected chi connectivity index (χ3v) is 2.76. The molecule has 0 radical (unpaired) electrons. The molecule has 0 bridgehead atoms. The zero-order valence-electron chi connectivity index (χ0n) is 11.5. The Labute approximate surface area is 115 Å². The molecule has 0 heterocycles. The summed E-state index contributed by atoms with van der Waals surface area (Å²) in [5, 5.41) is 8.91. The van der Waals surface area contributed by atoms with Gasteiger partial charge in [0.05, 0.1) is 13.2 Å². The minimum atomic E-state index is 0.0201. The second-order valence-corrected chi connectivity index (χ2v) is 4.37. The van der Waals surface area contributed by atoms with Gasteiger partial charge in [0.25, 0.3) is 0 Å². The van der Waals surface area contributed by atoms with Crippen LogP contribution in [-0.4, -0.2) is 42.2 Å². The Balaban J connectivity index is 2.22. The summed E-state index contributed by atoms with van der Waals surface area (Å²) in [4.78, 5) is 13.6. The second kappa shape index (κ2) is 9.39. The number of nitrogens with zero attached hydrogens (tertiary/aromatic N) is 1. The van der Waals surface area contributed by atoms with E-state index >= 15 is 0 Å². The number of para-hydroxylation sites is 1. The molecular formula is C15H23NO3. The summed E-state index contributed by atoms with van der Waals surface area (Å²) in [6.45, 7) is 3.71. The van der Waals surface area contributed by atoms with Gasteiger partial charge in [-0.1, -0.05) is 25.1 Å². The molecule has 1 aromatic carbocycles. The van der Waals surface area contributed by atoms with Gasteiger partial charge in [-0.3, -0.25) is 4.79 Å². The van der Waals surface area contributed by atoms with Gasteiger partial charge >= 0.3 is 0 Å². The molecule has 0 saturated carbocycles. The van der Waals surface area contributed by atoms with Gasteiger partial charge in [-0.05, 0) is 25.0 Å². The van der Waals surface area contributed by atoms with Gasteiger partial charge in [0.2, 0.25) is 5.91 Å². The lowest BCUT2D eigenvalue weighted by atomic mass is 10.2. The molecule has 0 fully saturated rings. The maximum atomic E-state index is 11.9. The molecule has 1 amide bonds. The third kappa shape index (κ3) is 6.25. The van der Waals surface area contributed by atoms with Crippen molar-refractivity contribution in [3.8, 4) is 5.75 Å². The van der Waals surface area contributed by atoms with E-state index in [0.29, 0.717) is 32.5 Å². The molecule has 0 spiro atoms. The Morgan fingerprint density at radius 1 is 1.26 bits per heavy atom. The van der Waals surface area contributed by atoms with Crippen LogP contribution < -0.4 is 4.74 Å². The van der Waals surface area contributed by atoms with Gasteiger partial charge < -0.3 is 14.7 Å². The predicted molar refractivity (Wildman–Crippen MR) is 75.1 cm³/mol. The summed E-state index contributed by atoms with van der Waals surface area (Å²) in [6, 6.07) is 9.58. The smallest absolute Gasteiger partial charge is 0.222 e. The van der Waals surface area contributed by atoms with Crippen molar-refractivity contribution in [2.45, 2.75) is 26.2 Å². The van der Waals surface area contributed by atoms with E-state index in [1.54, 1.807) is 4.90 Å². The monoisotopic (exact) mass is 265 g/mol. The van der Waals surface area contributed by atoms with Crippen molar-refractivity contribution in [2.75, 3.05) is 26.3 Å². The first-order chi connectivity index (χ1) is 9.27. The second-order valence-electron chi connectivity index (χ2n) is 4.37.